The Morgan fingerprint density at radius 1 is 0.615 bits per heavy atom. The molecule has 0 atom stereocenters. The van der Waals surface area contributed by atoms with Gasteiger partial charge in [0.1, 0.15) is 11.2 Å². The van der Waals surface area contributed by atoms with Crippen LogP contribution in [0.1, 0.15) is 25.3 Å². The molecule has 1 heteroatoms. The Labute approximate surface area is 152 Å². The summed E-state index contributed by atoms with van der Waals surface area (Å²) in [6.45, 7) is 4.45. The van der Waals surface area contributed by atoms with Crippen molar-refractivity contribution >= 4 is 32.7 Å². The summed E-state index contributed by atoms with van der Waals surface area (Å²) in [4.78, 5) is 0. The topological polar surface area (TPSA) is 13.1 Å². The summed E-state index contributed by atoms with van der Waals surface area (Å²) >= 11 is 0. The molecule has 0 radical (unpaired) electrons. The van der Waals surface area contributed by atoms with E-state index in [0.717, 1.165) is 11.2 Å². The molecule has 0 N–H and O–H groups in total. The fraction of sp³-hybridized carbons (Fsp3) is 0.120. The molecule has 0 fully saturated rings. The van der Waals surface area contributed by atoms with Crippen molar-refractivity contribution in [1.82, 2.24) is 0 Å². The Morgan fingerprint density at radius 2 is 1.38 bits per heavy atom. The van der Waals surface area contributed by atoms with E-state index in [0.29, 0.717) is 5.92 Å². The van der Waals surface area contributed by atoms with Gasteiger partial charge < -0.3 is 4.42 Å². The molecule has 0 aliphatic carbocycles. The van der Waals surface area contributed by atoms with Crippen LogP contribution in [-0.4, -0.2) is 0 Å². The molecule has 5 rings (SSSR count). The Bertz CT molecular complexity index is 1260. The number of hydrogen-bond donors (Lipinski definition) is 0. The lowest BCUT2D eigenvalue weighted by Gasteiger charge is -2.05. The van der Waals surface area contributed by atoms with E-state index < -0.39 is 0 Å². The first-order valence-corrected chi connectivity index (χ1v) is 9.14. The lowest BCUT2D eigenvalue weighted by atomic mass is 9.98. The predicted molar refractivity (Wildman–Crippen MR) is 111 cm³/mol. The van der Waals surface area contributed by atoms with Crippen LogP contribution in [0.25, 0.3) is 43.8 Å². The minimum absolute atomic E-state index is 0.515. The third-order valence-electron chi connectivity index (χ3n) is 5.24. The van der Waals surface area contributed by atoms with Gasteiger partial charge in [-0.05, 0) is 63.7 Å². The number of rotatable bonds is 2. The van der Waals surface area contributed by atoms with Crippen molar-refractivity contribution in [3.05, 3.63) is 84.4 Å². The predicted octanol–water partition coefficient (Wildman–Crippen LogP) is 7.53. The Hall–Kier alpha value is -3.06. The first kappa shape index (κ1) is 15.2. The van der Waals surface area contributed by atoms with Crippen LogP contribution in [0.15, 0.2) is 83.3 Å². The molecule has 0 spiro atoms. The standard InChI is InChI=1S/C25H20O/c1-16(2)18-10-12-24-23(14-18)22-11-9-21(15-25(22)26-24)20-8-7-17-5-3-4-6-19(17)13-20/h3-16H,1-2H3. The summed E-state index contributed by atoms with van der Waals surface area (Å²) in [6, 6.07) is 28.2. The zero-order valence-corrected chi connectivity index (χ0v) is 15.0. The fourth-order valence-corrected chi connectivity index (χ4v) is 3.70. The highest BCUT2D eigenvalue weighted by atomic mass is 16.3. The Balaban J connectivity index is 1.68. The quantitative estimate of drug-likeness (QED) is 0.325. The van der Waals surface area contributed by atoms with Crippen molar-refractivity contribution in [2.45, 2.75) is 19.8 Å². The molecule has 0 bridgehead atoms. The minimum Gasteiger partial charge on any atom is -0.456 e. The van der Waals surface area contributed by atoms with Gasteiger partial charge in [-0.3, -0.25) is 0 Å². The fourth-order valence-electron chi connectivity index (χ4n) is 3.70. The van der Waals surface area contributed by atoms with E-state index >= 15 is 0 Å². The van der Waals surface area contributed by atoms with Gasteiger partial charge in [-0.2, -0.15) is 0 Å². The largest absolute Gasteiger partial charge is 0.456 e. The monoisotopic (exact) mass is 336 g/mol. The van der Waals surface area contributed by atoms with Crippen molar-refractivity contribution in [3.63, 3.8) is 0 Å². The molecule has 1 aromatic heterocycles. The van der Waals surface area contributed by atoms with Crippen molar-refractivity contribution in [1.29, 1.82) is 0 Å². The molecule has 0 saturated heterocycles. The second-order valence-electron chi connectivity index (χ2n) is 7.29. The normalized spacial score (nSPS) is 11.8. The second-order valence-corrected chi connectivity index (χ2v) is 7.29. The van der Waals surface area contributed by atoms with Gasteiger partial charge in [0.05, 0.1) is 0 Å². The molecule has 1 nitrogen and oxygen atoms in total. The summed E-state index contributed by atoms with van der Waals surface area (Å²) in [7, 11) is 0. The highest BCUT2D eigenvalue weighted by Gasteiger charge is 2.10. The maximum atomic E-state index is 6.14. The lowest BCUT2D eigenvalue weighted by molar-refractivity contribution is 0.668. The molecule has 0 aliphatic rings. The van der Waals surface area contributed by atoms with Gasteiger partial charge in [0.15, 0.2) is 0 Å². The van der Waals surface area contributed by atoms with Crippen LogP contribution < -0.4 is 0 Å². The van der Waals surface area contributed by atoms with Gasteiger partial charge in [0.2, 0.25) is 0 Å². The van der Waals surface area contributed by atoms with E-state index in [9.17, 15) is 0 Å². The number of hydrogen-bond acceptors (Lipinski definition) is 1. The summed E-state index contributed by atoms with van der Waals surface area (Å²) in [6.07, 6.45) is 0. The number of furan rings is 1. The first-order chi connectivity index (χ1) is 12.7. The minimum atomic E-state index is 0.515. The zero-order valence-electron chi connectivity index (χ0n) is 15.0. The third kappa shape index (κ3) is 2.40. The van der Waals surface area contributed by atoms with E-state index in [4.69, 9.17) is 4.42 Å². The van der Waals surface area contributed by atoms with Gasteiger partial charge in [0, 0.05) is 10.8 Å². The van der Waals surface area contributed by atoms with Crippen LogP contribution in [0.5, 0.6) is 0 Å². The van der Waals surface area contributed by atoms with Gasteiger partial charge in [-0.25, -0.2) is 0 Å². The van der Waals surface area contributed by atoms with Crippen LogP contribution in [0.4, 0.5) is 0 Å². The Kier molecular flexibility index (Phi) is 3.36. The van der Waals surface area contributed by atoms with Crippen LogP contribution in [0, 0.1) is 0 Å². The average molecular weight is 336 g/mol. The lowest BCUT2D eigenvalue weighted by Crippen LogP contribution is -1.85. The number of benzene rings is 4. The molecule has 0 unspecified atom stereocenters. The molecule has 0 amide bonds. The van der Waals surface area contributed by atoms with Crippen LogP contribution in [0.2, 0.25) is 0 Å². The van der Waals surface area contributed by atoms with Gasteiger partial charge in [0.25, 0.3) is 0 Å². The van der Waals surface area contributed by atoms with E-state index in [-0.39, 0.29) is 0 Å². The molecule has 26 heavy (non-hydrogen) atoms. The molecule has 0 saturated carbocycles. The summed E-state index contributed by atoms with van der Waals surface area (Å²) < 4.78 is 6.14. The van der Waals surface area contributed by atoms with Crippen molar-refractivity contribution in [3.8, 4) is 11.1 Å². The first-order valence-electron chi connectivity index (χ1n) is 9.14. The third-order valence-corrected chi connectivity index (χ3v) is 5.24. The molecular weight excluding hydrogens is 316 g/mol. The van der Waals surface area contributed by atoms with Gasteiger partial charge in [-0.1, -0.05) is 62.4 Å². The van der Waals surface area contributed by atoms with Crippen molar-refractivity contribution in [2.75, 3.05) is 0 Å². The summed E-state index contributed by atoms with van der Waals surface area (Å²) in [5, 5.41) is 4.92. The maximum absolute atomic E-state index is 6.14. The maximum Gasteiger partial charge on any atom is 0.136 e. The average Bonchev–Trinajstić information content (AvgIpc) is 3.04. The zero-order chi connectivity index (χ0) is 17.7. The smallest absolute Gasteiger partial charge is 0.136 e. The van der Waals surface area contributed by atoms with Gasteiger partial charge >= 0.3 is 0 Å². The molecule has 126 valence electrons. The van der Waals surface area contributed by atoms with Crippen LogP contribution in [0.3, 0.4) is 0 Å². The van der Waals surface area contributed by atoms with Crippen LogP contribution in [-0.2, 0) is 0 Å². The number of fused-ring (bicyclic) bond motifs is 4. The molecule has 5 aromatic rings. The molecular formula is C25H20O. The van der Waals surface area contributed by atoms with E-state index in [1.165, 1.54) is 38.2 Å². The summed E-state index contributed by atoms with van der Waals surface area (Å²) in [5.41, 5.74) is 5.66. The van der Waals surface area contributed by atoms with E-state index in [1.807, 2.05) is 0 Å². The van der Waals surface area contributed by atoms with Crippen molar-refractivity contribution in [2.24, 2.45) is 0 Å². The highest BCUT2D eigenvalue weighted by molar-refractivity contribution is 6.06. The highest BCUT2D eigenvalue weighted by Crippen LogP contribution is 2.34. The van der Waals surface area contributed by atoms with E-state index in [2.05, 4.69) is 92.7 Å². The molecule has 0 aliphatic heterocycles. The SMILES string of the molecule is CC(C)c1ccc2oc3cc(-c4ccc5ccccc5c4)ccc3c2c1. The van der Waals surface area contributed by atoms with Crippen molar-refractivity contribution < 1.29 is 4.42 Å². The molecule has 1 heterocycles. The van der Waals surface area contributed by atoms with E-state index in [1.54, 1.807) is 0 Å². The summed E-state index contributed by atoms with van der Waals surface area (Å²) in [5.74, 6) is 0.515. The molecule has 4 aromatic carbocycles. The Morgan fingerprint density at radius 3 is 2.23 bits per heavy atom. The van der Waals surface area contributed by atoms with Gasteiger partial charge in [-0.15, -0.1) is 0 Å². The van der Waals surface area contributed by atoms with Crippen LogP contribution >= 0.6 is 0 Å². The second kappa shape index (κ2) is 5.74.